The Bertz CT molecular complexity index is 301. The zero-order valence-electron chi connectivity index (χ0n) is 10.4. The summed E-state index contributed by atoms with van der Waals surface area (Å²) in [6, 6.07) is -0.987. The van der Waals surface area contributed by atoms with Crippen LogP contribution >= 0.6 is 0 Å². The number of hydrogen-bond donors (Lipinski definition) is 3. The van der Waals surface area contributed by atoms with Crippen LogP contribution in [0.15, 0.2) is 0 Å². The van der Waals surface area contributed by atoms with Gasteiger partial charge < -0.3 is 25.1 Å². The van der Waals surface area contributed by atoms with Gasteiger partial charge in [-0.05, 0) is 13.8 Å². The number of amides is 2. The molecular weight excluding hydrogens is 244 g/mol. The van der Waals surface area contributed by atoms with E-state index in [2.05, 4.69) is 0 Å². The van der Waals surface area contributed by atoms with Gasteiger partial charge in [0.1, 0.15) is 13.1 Å². The smallest absolute Gasteiger partial charge is 0.323 e. The Morgan fingerprint density at radius 3 is 1.78 bits per heavy atom. The van der Waals surface area contributed by atoms with Crippen LogP contribution in [0.5, 0.6) is 0 Å². The van der Waals surface area contributed by atoms with E-state index in [1.54, 1.807) is 13.8 Å². The van der Waals surface area contributed by atoms with Crippen LogP contribution in [0.2, 0.25) is 0 Å². The van der Waals surface area contributed by atoms with Gasteiger partial charge in [0.05, 0.1) is 6.61 Å². The van der Waals surface area contributed by atoms with Gasteiger partial charge in [0.25, 0.3) is 0 Å². The molecule has 104 valence electrons. The number of carbonyl (C=O) groups is 3. The molecule has 0 unspecified atom stereocenters. The van der Waals surface area contributed by atoms with E-state index in [0.29, 0.717) is 4.90 Å². The lowest BCUT2D eigenvalue weighted by atomic mass is 10.3. The summed E-state index contributed by atoms with van der Waals surface area (Å²) in [6.07, 6.45) is 0. The van der Waals surface area contributed by atoms with Gasteiger partial charge in [-0.15, -0.1) is 0 Å². The maximum atomic E-state index is 12.0. The standard InChI is InChI=1S/C10H18N2O6/c1-7(2)12(3-4-13)10(18)11(5-8(14)15)6-9(16)17/h7,13H,3-6H2,1-2H3,(H,14,15)(H,16,17). The lowest BCUT2D eigenvalue weighted by Gasteiger charge is -2.31. The quantitative estimate of drug-likeness (QED) is 0.557. The van der Waals surface area contributed by atoms with Crippen molar-refractivity contribution in [2.75, 3.05) is 26.2 Å². The summed E-state index contributed by atoms with van der Waals surface area (Å²) >= 11 is 0. The van der Waals surface area contributed by atoms with Crippen molar-refractivity contribution in [2.45, 2.75) is 19.9 Å². The van der Waals surface area contributed by atoms with Crippen LogP contribution in [-0.2, 0) is 9.59 Å². The zero-order valence-corrected chi connectivity index (χ0v) is 10.4. The van der Waals surface area contributed by atoms with E-state index < -0.39 is 31.1 Å². The van der Waals surface area contributed by atoms with Crippen molar-refractivity contribution in [3.63, 3.8) is 0 Å². The third kappa shape index (κ3) is 5.48. The van der Waals surface area contributed by atoms with Crippen molar-refractivity contribution in [1.82, 2.24) is 9.80 Å². The van der Waals surface area contributed by atoms with Crippen LogP contribution in [0.4, 0.5) is 4.79 Å². The fourth-order valence-electron chi connectivity index (χ4n) is 1.38. The van der Waals surface area contributed by atoms with E-state index in [1.807, 2.05) is 0 Å². The van der Waals surface area contributed by atoms with Gasteiger partial charge in [0, 0.05) is 12.6 Å². The molecule has 0 aromatic carbocycles. The van der Waals surface area contributed by atoms with Crippen molar-refractivity contribution in [3.8, 4) is 0 Å². The first kappa shape index (κ1) is 16.2. The van der Waals surface area contributed by atoms with Gasteiger partial charge in [-0.1, -0.05) is 0 Å². The Labute approximate surface area is 104 Å². The SMILES string of the molecule is CC(C)N(CCO)C(=O)N(CC(=O)O)CC(=O)O. The Balaban J connectivity index is 4.88. The minimum absolute atomic E-state index is 0.0201. The zero-order chi connectivity index (χ0) is 14.3. The van der Waals surface area contributed by atoms with Crippen molar-refractivity contribution in [2.24, 2.45) is 0 Å². The van der Waals surface area contributed by atoms with Gasteiger partial charge >= 0.3 is 18.0 Å². The topological polar surface area (TPSA) is 118 Å². The molecule has 0 aromatic heterocycles. The number of carbonyl (C=O) groups excluding carboxylic acids is 1. The molecule has 0 saturated carbocycles. The molecule has 18 heavy (non-hydrogen) atoms. The van der Waals surface area contributed by atoms with Crippen molar-refractivity contribution in [3.05, 3.63) is 0 Å². The lowest BCUT2D eigenvalue weighted by Crippen LogP contribution is -2.50. The maximum absolute atomic E-state index is 12.0. The van der Waals surface area contributed by atoms with Crippen molar-refractivity contribution < 1.29 is 29.7 Å². The van der Waals surface area contributed by atoms with Crippen LogP contribution in [0.1, 0.15) is 13.8 Å². The number of carboxylic acid groups (broad SMARTS) is 2. The molecule has 0 fully saturated rings. The van der Waals surface area contributed by atoms with E-state index in [1.165, 1.54) is 4.90 Å². The summed E-state index contributed by atoms with van der Waals surface area (Å²) in [5.74, 6) is -2.59. The fourth-order valence-corrected chi connectivity index (χ4v) is 1.38. The van der Waals surface area contributed by atoms with Crippen LogP contribution in [0.3, 0.4) is 0 Å². The summed E-state index contributed by atoms with van der Waals surface area (Å²) < 4.78 is 0. The number of aliphatic carboxylic acids is 2. The van der Waals surface area contributed by atoms with Gasteiger partial charge in [-0.3, -0.25) is 9.59 Å². The van der Waals surface area contributed by atoms with E-state index in [9.17, 15) is 14.4 Å². The monoisotopic (exact) mass is 262 g/mol. The molecule has 0 radical (unpaired) electrons. The predicted octanol–water partition coefficient (Wildman–Crippen LogP) is -0.720. The molecule has 0 spiro atoms. The van der Waals surface area contributed by atoms with E-state index in [0.717, 1.165) is 0 Å². The number of nitrogens with zero attached hydrogens (tertiary/aromatic N) is 2. The second-order valence-electron chi connectivity index (χ2n) is 3.94. The van der Waals surface area contributed by atoms with Crippen LogP contribution in [0.25, 0.3) is 0 Å². The first-order valence-electron chi connectivity index (χ1n) is 5.39. The normalized spacial score (nSPS) is 10.2. The molecule has 0 aliphatic carbocycles. The summed E-state index contributed by atoms with van der Waals surface area (Å²) in [6.45, 7) is 1.73. The molecule has 0 aromatic rings. The van der Waals surface area contributed by atoms with E-state index in [-0.39, 0.29) is 19.2 Å². The Hall–Kier alpha value is -1.83. The molecule has 0 aliphatic heterocycles. The molecular formula is C10H18N2O6. The first-order valence-corrected chi connectivity index (χ1v) is 5.39. The minimum Gasteiger partial charge on any atom is -0.480 e. The fraction of sp³-hybridized carbons (Fsp3) is 0.700. The van der Waals surface area contributed by atoms with Crippen molar-refractivity contribution in [1.29, 1.82) is 0 Å². The van der Waals surface area contributed by atoms with Crippen LogP contribution in [-0.4, -0.2) is 75.4 Å². The van der Waals surface area contributed by atoms with E-state index >= 15 is 0 Å². The summed E-state index contributed by atoms with van der Waals surface area (Å²) in [7, 11) is 0. The molecule has 8 nitrogen and oxygen atoms in total. The number of aliphatic hydroxyl groups excluding tert-OH is 1. The van der Waals surface area contributed by atoms with Crippen LogP contribution in [0, 0.1) is 0 Å². The van der Waals surface area contributed by atoms with Gasteiger partial charge in [-0.25, -0.2) is 4.79 Å². The Kier molecular flexibility index (Phi) is 6.73. The maximum Gasteiger partial charge on any atom is 0.323 e. The number of aliphatic hydroxyl groups is 1. The molecule has 2 amide bonds. The molecule has 3 N–H and O–H groups in total. The number of hydrogen-bond acceptors (Lipinski definition) is 4. The predicted molar refractivity (Wildman–Crippen MR) is 61.2 cm³/mol. The van der Waals surface area contributed by atoms with Gasteiger partial charge in [-0.2, -0.15) is 0 Å². The highest BCUT2D eigenvalue weighted by Gasteiger charge is 2.26. The summed E-state index contributed by atoms with van der Waals surface area (Å²) in [5.41, 5.74) is 0. The molecule has 0 bridgehead atoms. The Morgan fingerprint density at radius 1 is 1.06 bits per heavy atom. The second kappa shape index (κ2) is 7.49. The van der Waals surface area contributed by atoms with Crippen molar-refractivity contribution >= 4 is 18.0 Å². The highest BCUT2D eigenvalue weighted by Crippen LogP contribution is 2.04. The number of rotatable bonds is 7. The second-order valence-corrected chi connectivity index (χ2v) is 3.94. The van der Waals surface area contributed by atoms with E-state index in [4.69, 9.17) is 15.3 Å². The third-order valence-corrected chi connectivity index (χ3v) is 2.13. The highest BCUT2D eigenvalue weighted by molar-refractivity contribution is 5.84. The summed E-state index contributed by atoms with van der Waals surface area (Å²) in [5, 5.41) is 26.1. The molecule has 0 heterocycles. The average molecular weight is 262 g/mol. The van der Waals surface area contributed by atoms with Crippen LogP contribution < -0.4 is 0 Å². The minimum atomic E-state index is -1.29. The number of urea groups is 1. The average Bonchev–Trinajstić information content (AvgIpc) is 2.22. The van der Waals surface area contributed by atoms with Gasteiger partial charge in [0.15, 0.2) is 0 Å². The first-order chi connectivity index (χ1) is 8.29. The summed E-state index contributed by atoms with van der Waals surface area (Å²) in [4.78, 5) is 35.1. The highest BCUT2D eigenvalue weighted by atomic mass is 16.4. The molecule has 0 atom stereocenters. The molecule has 8 heteroatoms. The lowest BCUT2D eigenvalue weighted by molar-refractivity contribution is -0.140. The molecule has 0 rings (SSSR count). The number of carboxylic acids is 2. The molecule has 0 aliphatic rings. The Morgan fingerprint density at radius 2 is 1.50 bits per heavy atom. The molecule has 0 saturated heterocycles. The largest absolute Gasteiger partial charge is 0.480 e. The van der Waals surface area contributed by atoms with Gasteiger partial charge in [0.2, 0.25) is 0 Å². The third-order valence-electron chi connectivity index (χ3n) is 2.13.